The van der Waals surface area contributed by atoms with E-state index < -0.39 is 6.09 Å². The van der Waals surface area contributed by atoms with Crippen molar-refractivity contribution in [2.24, 2.45) is 0 Å². The number of rotatable bonds is 3. The van der Waals surface area contributed by atoms with Crippen molar-refractivity contribution in [3.8, 4) is 0 Å². The van der Waals surface area contributed by atoms with Gasteiger partial charge in [0.15, 0.2) is 0 Å². The Kier molecular flexibility index (Phi) is 4.84. The fourth-order valence-electron chi connectivity index (χ4n) is 2.43. The van der Waals surface area contributed by atoms with E-state index in [1.54, 1.807) is 24.3 Å². The zero-order valence-electron chi connectivity index (χ0n) is 10.9. The zero-order chi connectivity index (χ0) is 14.5. The number of nitrogens with one attached hydrogen (secondary N) is 2. The Morgan fingerprint density at radius 1 is 1.00 bits per heavy atom. The molecule has 0 unspecified atom stereocenters. The lowest BCUT2D eigenvalue weighted by molar-refractivity contribution is 0.0923. The van der Waals surface area contributed by atoms with Gasteiger partial charge in [0.05, 0.1) is 0 Å². The molecule has 0 heterocycles. The highest BCUT2D eigenvalue weighted by Gasteiger charge is 2.23. The topological polar surface area (TPSA) is 78.4 Å². The fourth-order valence-corrected chi connectivity index (χ4v) is 2.55. The standard InChI is InChI=1S/C14H17ClN2O3/c15-10-3-1-9(2-4-10)13(18)16-11-5-7-12(8-6-11)17-14(19)20/h1-4,11-12,17H,5-8H2,(H,16,18)(H,19,20). The van der Waals surface area contributed by atoms with Gasteiger partial charge in [-0.05, 0) is 49.9 Å². The minimum atomic E-state index is -0.987. The van der Waals surface area contributed by atoms with Crippen molar-refractivity contribution in [1.29, 1.82) is 0 Å². The summed E-state index contributed by atoms with van der Waals surface area (Å²) in [5, 5.41) is 14.7. The van der Waals surface area contributed by atoms with Gasteiger partial charge >= 0.3 is 6.09 Å². The van der Waals surface area contributed by atoms with Gasteiger partial charge in [0.2, 0.25) is 0 Å². The Bertz CT molecular complexity index is 482. The van der Waals surface area contributed by atoms with Crippen LogP contribution in [0.3, 0.4) is 0 Å². The Morgan fingerprint density at radius 3 is 2.00 bits per heavy atom. The Balaban J connectivity index is 1.82. The molecule has 6 heteroatoms. The molecule has 108 valence electrons. The van der Waals surface area contributed by atoms with E-state index in [0.717, 1.165) is 25.7 Å². The molecule has 0 radical (unpaired) electrons. The van der Waals surface area contributed by atoms with Crippen LogP contribution in [0.5, 0.6) is 0 Å². The first kappa shape index (κ1) is 14.7. The summed E-state index contributed by atoms with van der Waals surface area (Å²) in [5.41, 5.74) is 0.584. The van der Waals surface area contributed by atoms with Crippen LogP contribution < -0.4 is 10.6 Å². The van der Waals surface area contributed by atoms with Crippen LogP contribution in [0.4, 0.5) is 4.79 Å². The van der Waals surface area contributed by atoms with Crippen LogP contribution in [0.15, 0.2) is 24.3 Å². The number of benzene rings is 1. The number of amides is 2. The number of hydrogen-bond donors (Lipinski definition) is 3. The first-order valence-electron chi connectivity index (χ1n) is 6.60. The van der Waals surface area contributed by atoms with E-state index in [-0.39, 0.29) is 18.0 Å². The van der Waals surface area contributed by atoms with Crippen LogP contribution >= 0.6 is 11.6 Å². The van der Waals surface area contributed by atoms with E-state index in [1.165, 1.54) is 0 Å². The third-order valence-corrected chi connectivity index (χ3v) is 3.75. The molecule has 0 aliphatic heterocycles. The van der Waals surface area contributed by atoms with Crippen molar-refractivity contribution in [1.82, 2.24) is 10.6 Å². The SMILES string of the molecule is O=C(O)NC1CCC(NC(=O)c2ccc(Cl)cc2)CC1. The van der Waals surface area contributed by atoms with Gasteiger partial charge in [-0.15, -0.1) is 0 Å². The molecular weight excluding hydrogens is 280 g/mol. The number of hydrogen-bond acceptors (Lipinski definition) is 2. The minimum absolute atomic E-state index is 0.00353. The van der Waals surface area contributed by atoms with E-state index in [2.05, 4.69) is 10.6 Å². The maximum atomic E-state index is 12.0. The number of carboxylic acid groups (broad SMARTS) is 1. The van der Waals surface area contributed by atoms with Gasteiger partial charge in [-0.1, -0.05) is 11.6 Å². The molecule has 0 spiro atoms. The third-order valence-electron chi connectivity index (χ3n) is 3.50. The number of carbonyl (C=O) groups excluding carboxylic acids is 1. The Labute approximate surface area is 122 Å². The minimum Gasteiger partial charge on any atom is -0.465 e. The molecule has 20 heavy (non-hydrogen) atoms. The largest absolute Gasteiger partial charge is 0.465 e. The second kappa shape index (κ2) is 6.61. The highest BCUT2D eigenvalue weighted by molar-refractivity contribution is 6.30. The van der Waals surface area contributed by atoms with Gasteiger partial charge < -0.3 is 15.7 Å². The Morgan fingerprint density at radius 2 is 1.50 bits per heavy atom. The monoisotopic (exact) mass is 296 g/mol. The molecule has 1 aromatic rings. The second-order valence-electron chi connectivity index (χ2n) is 4.98. The molecule has 0 atom stereocenters. The van der Waals surface area contributed by atoms with Crippen LogP contribution in [0.2, 0.25) is 5.02 Å². The van der Waals surface area contributed by atoms with Crippen LogP contribution in [-0.2, 0) is 0 Å². The van der Waals surface area contributed by atoms with E-state index >= 15 is 0 Å². The van der Waals surface area contributed by atoms with Gasteiger partial charge in [-0.2, -0.15) is 0 Å². The van der Waals surface area contributed by atoms with Crippen molar-refractivity contribution in [2.45, 2.75) is 37.8 Å². The zero-order valence-corrected chi connectivity index (χ0v) is 11.7. The summed E-state index contributed by atoms with van der Waals surface area (Å²) in [7, 11) is 0. The first-order chi connectivity index (χ1) is 9.54. The summed E-state index contributed by atoms with van der Waals surface area (Å²) in [4.78, 5) is 22.6. The van der Waals surface area contributed by atoms with Crippen molar-refractivity contribution < 1.29 is 14.7 Å². The van der Waals surface area contributed by atoms with E-state index in [9.17, 15) is 9.59 Å². The molecule has 2 rings (SSSR count). The van der Waals surface area contributed by atoms with Crippen molar-refractivity contribution in [2.75, 3.05) is 0 Å². The van der Waals surface area contributed by atoms with Gasteiger partial charge in [0.1, 0.15) is 0 Å². The lowest BCUT2D eigenvalue weighted by Crippen LogP contribution is -2.43. The smallest absolute Gasteiger partial charge is 0.404 e. The maximum absolute atomic E-state index is 12.0. The molecule has 1 aliphatic rings. The third kappa shape index (κ3) is 4.13. The molecule has 1 fully saturated rings. The van der Waals surface area contributed by atoms with E-state index in [4.69, 9.17) is 16.7 Å². The highest BCUT2D eigenvalue weighted by Crippen LogP contribution is 2.19. The predicted octanol–water partition coefficient (Wildman–Crippen LogP) is 2.65. The fraction of sp³-hybridized carbons (Fsp3) is 0.429. The molecule has 0 aromatic heterocycles. The predicted molar refractivity (Wildman–Crippen MR) is 76.1 cm³/mol. The van der Waals surface area contributed by atoms with Gasteiger partial charge in [-0.3, -0.25) is 4.79 Å². The normalized spacial score (nSPS) is 22.1. The van der Waals surface area contributed by atoms with E-state index in [1.807, 2.05) is 0 Å². The molecule has 0 saturated heterocycles. The number of carbonyl (C=O) groups is 2. The highest BCUT2D eigenvalue weighted by atomic mass is 35.5. The maximum Gasteiger partial charge on any atom is 0.404 e. The van der Waals surface area contributed by atoms with Crippen LogP contribution in [0.25, 0.3) is 0 Å². The van der Waals surface area contributed by atoms with Gasteiger partial charge in [-0.25, -0.2) is 4.79 Å². The molecule has 3 N–H and O–H groups in total. The van der Waals surface area contributed by atoms with E-state index in [0.29, 0.717) is 10.6 Å². The molecule has 5 nitrogen and oxygen atoms in total. The Hall–Kier alpha value is -1.75. The first-order valence-corrected chi connectivity index (χ1v) is 6.98. The van der Waals surface area contributed by atoms with Gasteiger partial charge in [0.25, 0.3) is 5.91 Å². The number of halogens is 1. The van der Waals surface area contributed by atoms with Crippen molar-refractivity contribution in [3.63, 3.8) is 0 Å². The quantitative estimate of drug-likeness (QED) is 0.802. The summed E-state index contributed by atoms with van der Waals surface area (Å²) in [6.45, 7) is 0. The second-order valence-corrected chi connectivity index (χ2v) is 5.41. The van der Waals surface area contributed by atoms with Crippen LogP contribution in [-0.4, -0.2) is 29.2 Å². The molecular formula is C14H17ClN2O3. The van der Waals surface area contributed by atoms with Crippen LogP contribution in [0.1, 0.15) is 36.0 Å². The lowest BCUT2D eigenvalue weighted by Gasteiger charge is -2.28. The molecule has 2 amide bonds. The summed E-state index contributed by atoms with van der Waals surface area (Å²) in [6.07, 6.45) is 2.07. The molecule has 1 aliphatic carbocycles. The average molecular weight is 297 g/mol. The molecule has 1 saturated carbocycles. The lowest BCUT2D eigenvalue weighted by atomic mass is 9.91. The summed E-state index contributed by atoms with van der Waals surface area (Å²) < 4.78 is 0. The molecule has 1 aromatic carbocycles. The average Bonchev–Trinajstić information content (AvgIpc) is 2.41. The van der Waals surface area contributed by atoms with Crippen LogP contribution in [0, 0.1) is 0 Å². The summed E-state index contributed by atoms with van der Waals surface area (Å²) in [6, 6.07) is 6.85. The van der Waals surface area contributed by atoms with Gasteiger partial charge in [0, 0.05) is 22.7 Å². The van der Waals surface area contributed by atoms with Crippen molar-refractivity contribution >= 4 is 23.6 Å². The summed E-state index contributed by atoms with van der Waals surface area (Å²) in [5.74, 6) is -0.115. The summed E-state index contributed by atoms with van der Waals surface area (Å²) >= 11 is 5.78. The van der Waals surface area contributed by atoms with Crippen molar-refractivity contribution in [3.05, 3.63) is 34.9 Å². The molecule has 0 bridgehead atoms.